The van der Waals surface area contributed by atoms with Crippen molar-refractivity contribution in [1.29, 1.82) is 0 Å². The average molecular weight is 568 g/mol. The van der Waals surface area contributed by atoms with E-state index in [1.165, 1.54) is 25.6 Å². The van der Waals surface area contributed by atoms with Crippen molar-refractivity contribution in [2.24, 2.45) is 5.41 Å². The highest BCUT2D eigenvalue weighted by atomic mass is 16.5. The number of nitrogens with zero attached hydrogens (tertiary/aromatic N) is 3. The Hall–Kier alpha value is -3.47. The minimum atomic E-state index is -0.778. The monoisotopic (exact) mass is 567 g/mol. The molecule has 41 heavy (non-hydrogen) atoms. The average Bonchev–Trinajstić information content (AvgIpc) is 3.45. The molecule has 2 fully saturated rings. The van der Waals surface area contributed by atoms with Crippen molar-refractivity contribution in [3.05, 3.63) is 18.5 Å². The lowest BCUT2D eigenvalue weighted by atomic mass is 9.85. The normalized spacial score (nSPS) is 19.5. The molecule has 11 nitrogen and oxygen atoms in total. The summed E-state index contributed by atoms with van der Waals surface area (Å²) in [5.74, 6) is 0.392. The quantitative estimate of drug-likeness (QED) is 0.362. The Morgan fingerprint density at radius 1 is 1.05 bits per heavy atom. The number of hydrogen-bond acceptors (Lipinski definition) is 8. The van der Waals surface area contributed by atoms with Gasteiger partial charge in [-0.2, -0.15) is 0 Å². The summed E-state index contributed by atoms with van der Waals surface area (Å²) in [4.78, 5) is 50.7. The number of fused-ring (bicyclic) bond motifs is 1. The van der Waals surface area contributed by atoms with Crippen LogP contribution >= 0.6 is 0 Å². The summed E-state index contributed by atoms with van der Waals surface area (Å²) in [6.45, 7) is 7.91. The third-order valence-corrected chi connectivity index (χ3v) is 8.22. The second kappa shape index (κ2) is 13.0. The summed E-state index contributed by atoms with van der Waals surface area (Å²) in [7, 11) is 3.24. The molecule has 0 bridgehead atoms. The Kier molecular flexibility index (Phi) is 9.68. The van der Waals surface area contributed by atoms with Crippen molar-refractivity contribution < 1.29 is 19.1 Å². The number of hydrogen-bond donors (Lipinski definition) is 4. The molecule has 1 aliphatic carbocycles. The van der Waals surface area contributed by atoms with E-state index in [0.29, 0.717) is 42.4 Å². The summed E-state index contributed by atoms with van der Waals surface area (Å²) < 4.78 is 5.61. The number of anilines is 2. The number of likely N-dealkylation sites (N-methyl/N-ethyl adjacent to an activating group) is 1. The lowest BCUT2D eigenvalue weighted by molar-refractivity contribution is -0.143. The number of benzene rings is 1. The van der Waals surface area contributed by atoms with Gasteiger partial charge in [-0.3, -0.25) is 14.4 Å². The molecule has 1 aromatic carbocycles. The molecule has 4 rings (SSSR count). The number of rotatable bonds is 9. The molecule has 1 aromatic heterocycles. The van der Waals surface area contributed by atoms with E-state index >= 15 is 0 Å². The van der Waals surface area contributed by atoms with Crippen LogP contribution in [0.3, 0.4) is 0 Å². The molecule has 1 saturated carbocycles. The summed E-state index contributed by atoms with van der Waals surface area (Å²) in [5, 5.41) is 13.2. The van der Waals surface area contributed by atoms with Gasteiger partial charge in [-0.15, -0.1) is 0 Å². The summed E-state index contributed by atoms with van der Waals surface area (Å²) in [5.41, 5.74) is 0.660. The molecule has 3 amide bonds. The van der Waals surface area contributed by atoms with Gasteiger partial charge in [-0.25, -0.2) is 9.97 Å². The molecule has 0 spiro atoms. The van der Waals surface area contributed by atoms with Crippen molar-refractivity contribution in [3.8, 4) is 5.75 Å². The maximum atomic E-state index is 13.8. The highest BCUT2D eigenvalue weighted by Crippen LogP contribution is 2.34. The highest BCUT2D eigenvalue weighted by molar-refractivity contribution is 6.02. The molecular formula is C30H45N7O4. The van der Waals surface area contributed by atoms with Gasteiger partial charge in [-0.1, -0.05) is 40.0 Å². The summed E-state index contributed by atoms with van der Waals surface area (Å²) >= 11 is 0. The van der Waals surface area contributed by atoms with Crippen LogP contribution in [-0.4, -0.2) is 77.5 Å². The van der Waals surface area contributed by atoms with Crippen LogP contribution < -0.4 is 26.0 Å². The van der Waals surface area contributed by atoms with E-state index in [4.69, 9.17) is 4.74 Å². The number of carbonyl (C=O) groups is 3. The molecular weight excluding hydrogens is 522 g/mol. The zero-order valence-electron chi connectivity index (χ0n) is 25.2. The highest BCUT2D eigenvalue weighted by Gasteiger charge is 2.42. The van der Waals surface area contributed by atoms with E-state index in [-0.39, 0.29) is 17.7 Å². The standard InChI is InChI=1S/C30H45N7O4/c1-18(31-5)27(38)36-25(30(2,3)4)29(40)37-14-10-13-23(37)28(39)35-22-15-20-21(16-24(22)41-6)32-17-33-26(20)34-19-11-8-7-9-12-19/h15-19,23,25,31H,7-14H2,1-6H3,(H,35,39)(H,36,38)(H,32,33,34)/t18-,23?,25+/m0/s1. The van der Waals surface area contributed by atoms with Crippen LogP contribution in [0.1, 0.15) is 72.6 Å². The largest absolute Gasteiger partial charge is 0.494 e. The minimum absolute atomic E-state index is 0.260. The Labute approximate surface area is 242 Å². The predicted octanol–water partition coefficient (Wildman–Crippen LogP) is 3.45. The Balaban J connectivity index is 1.56. The molecule has 1 saturated heterocycles. The molecule has 0 radical (unpaired) electrons. The van der Waals surface area contributed by atoms with Gasteiger partial charge in [0, 0.05) is 24.0 Å². The lowest BCUT2D eigenvalue weighted by Crippen LogP contribution is -2.59. The van der Waals surface area contributed by atoms with Crippen LogP contribution in [0.5, 0.6) is 5.75 Å². The maximum absolute atomic E-state index is 13.8. The SMILES string of the molecule is CN[C@@H](C)C(=O)N[C@H](C(=O)N1CCCC1C(=O)Nc1cc2c(NC3CCCCC3)ncnc2cc1OC)C(C)(C)C. The van der Waals surface area contributed by atoms with E-state index in [1.807, 2.05) is 26.8 Å². The fraction of sp³-hybridized carbons (Fsp3) is 0.633. The number of aromatic nitrogens is 2. The first-order chi connectivity index (χ1) is 19.5. The fourth-order valence-corrected chi connectivity index (χ4v) is 5.64. The third kappa shape index (κ3) is 7.06. The van der Waals surface area contributed by atoms with E-state index in [9.17, 15) is 14.4 Å². The third-order valence-electron chi connectivity index (χ3n) is 8.22. The van der Waals surface area contributed by atoms with E-state index in [1.54, 1.807) is 32.0 Å². The van der Waals surface area contributed by atoms with Crippen molar-refractivity contribution in [2.75, 3.05) is 31.3 Å². The van der Waals surface area contributed by atoms with Gasteiger partial charge in [0.2, 0.25) is 17.7 Å². The molecule has 1 aliphatic heterocycles. The topological polar surface area (TPSA) is 138 Å². The number of carbonyl (C=O) groups excluding carboxylic acids is 3. The summed E-state index contributed by atoms with van der Waals surface area (Å²) in [6, 6.07) is 2.10. The van der Waals surface area contributed by atoms with Gasteiger partial charge in [0.15, 0.2) is 0 Å². The van der Waals surface area contributed by atoms with E-state index < -0.39 is 23.5 Å². The molecule has 3 atom stereocenters. The van der Waals surface area contributed by atoms with Gasteiger partial charge in [-0.05, 0) is 51.1 Å². The zero-order valence-corrected chi connectivity index (χ0v) is 25.2. The van der Waals surface area contributed by atoms with Crippen molar-refractivity contribution in [1.82, 2.24) is 25.5 Å². The first kappa shape index (κ1) is 30.5. The van der Waals surface area contributed by atoms with Gasteiger partial charge in [0.05, 0.1) is 24.4 Å². The first-order valence-electron chi connectivity index (χ1n) is 14.7. The molecule has 2 aliphatic rings. The van der Waals surface area contributed by atoms with Gasteiger partial charge in [0.25, 0.3) is 0 Å². The van der Waals surface area contributed by atoms with Crippen LogP contribution in [0, 0.1) is 5.41 Å². The number of amides is 3. The van der Waals surface area contributed by atoms with Gasteiger partial charge < -0.3 is 30.9 Å². The van der Waals surface area contributed by atoms with Crippen LogP contribution in [0.15, 0.2) is 18.5 Å². The summed E-state index contributed by atoms with van der Waals surface area (Å²) in [6.07, 6.45) is 8.61. The zero-order chi connectivity index (χ0) is 29.7. The second-order valence-corrected chi connectivity index (χ2v) is 12.3. The molecule has 2 heterocycles. The molecule has 224 valence electrons. The van der Waals surface area contributed by atoms with E-state index in [0.717, 1.165) is 24.0 Å². The van der Waals surface area contributed by atoms with Crippen molar-refractivity contribution in [2.45, 2.75) is 96.8 Å². The lowest BCUT2D eigenvalue weighted by Gasteiger charge is -2.36. The van der Waals surface area contributed by atoms with Crippen LogP contribution in [-0.2, 0) is 14.4 Å². The van der Waals surface area contributed by atoms with Gasteiger partial charge in [0.1, 0.15) is 30.0 Å². The minimum Gasteiger partial charge on any atom is -0.494 e. The van der Waals surface area contributed by atoms with Gasteiger partial charge >= 0.3 is 0 Å². The number of ether oxygens (including phenoxy) is 1. The second-order valence-electron chi connectivity index (χ2n) is 12.3. The number of methoxy groups -OCH3 is 1. The van der Waals surface area contributed by atoms with E-state index in [2.05, 4.69) is 31.2 Å². The smallest absolute Gasteiger partial charge is 0.247 e. The Morgan fingerprint density at radius 3 is 2.44 bits per heavy atom. The van der Waals surface area contributed by atoms with Crippen molar-refractivity contribution in [3.63, 3.8) is 0 Å². The maximum Gasteiger partial charge on any atom is 0.247 e. The predicted molar refractivity (Wildman–Crippen MR) is 160 cm³/mol. The number of likely N-dealkylation sites (tertiary alicyclic amines) is 1. The molecule has 2 aromatic rings. The van der Waals surface area contributed by atoms with Crippen molar-refractivity contribution >= 4 is 40.1 Å². The first-order valence-corrected chi connectivity index (χ1v) is 14.7. The Bertz CT molecular complexity index is 1260. The molecule has 11 heteroatoms. The Morgan fingerprint density at radius 2 is 1.78 bits per heavy atom. The molecule has 1 unspecified atom stereocenters. The molecule has 4 N–H and O–H groups in total. The number of nitrogens with one attached hydrogen (secondary N) is 4. The fourth-order valence-electron chi connectivity index (χ4n) is 5.64. The van der Waals surface area contributed by atoms with Crippen LogP contribution in [0.2, 0.25) is 0 Å². The van der Waals surface area contributed by atoms with Crippen LogP contribution in [0.25, 0.3) is 10.9 Å². The van der Waals surface area contributed by atoms with Crippen LogP contribution in [0.4, 0.5) is 11.5 Å².